The van der Waals surface area contributed by atoms with Crippen molar-refractivity contribution in [1.82, 2.24) is 4.90 Å². The number of anilines is 2. The van der Waals surface area contributed by atoms with Crippen molar-refractivity contribution in [1.29, 1.82) is 0 Å². The third-order valence-electron chi connectivity index (χ3n) is 5.22. The molecule has 0 aliphatic carbocycles. The molecule has 1 fully saturated rings. The number of hydrogen-bond donors (Lipinski definition) is 1. The molecule has 2 aliphatic rings. The topological polar surface area (TPSA) is 35.6 Å². The molecule has 0 unspecified atom stereocenters. The second-order valence-electron chi connectivity index (χ2n) is 7.24. The van der Waals surface area contributed by atoms with E-state index in [0.29, 0.717) is 16.5 Å². The summed E-state index contributed by atoms with van der Waals surface area (Å²) >= 11 is 12.3. The van der Waals surface area contributed by atoms with Gasteiger partial charge in [0.1, 0.15) is 0 Å². The van der Waals surface area contributed by atoms with E-state index in [9.17, 15) is 4.79 Å². The maximum absolute atomic E-state index is 10.9. The number of halogens is 2. The summed E-state index contributed by atoms with van der Waals surface area (Å²) in [5.74, 6) is 0.108. The molecule has 0 saturated carbocycles. The van der Waals surface area contributed by atoms with Crippen LogP contribution in [0.25, 0.3) is 0 Å². The van der Waals surface area contributed by atoms with Gasteiger partial charge in [-0.1, -0.05) is 41.4 Å². The van der Waals surface area contributed by atoms with Crippen LogP contribution in [-0.4, -0.2) is 43.5 Å². The Morgan fingerprint density at radius 2 is 1.87 bits per heavy atom. The molecule has 0 bridgehead atoms. The molecule has 0 spiro atoms. The van der Waals surface area contributed by atoms with Crippen molar-refractivity contribution in [3.63, 3.8) is 0 Å². The van der Waals surface area contributed by atoms with E-state index in [1.165, 1.54) is 12.0 Å². The van der Waals surface area contributed by atoms with Crippen molar-refractivity contribution in [2.24, 2.45) is 0 Å². The number of amides is 1. The minimum absolute atomic E-state index is 0. The average Bonchev–Trinajstić information content (AvgIpc) is 2.75. The molecular weight excluding hydrogens is 643 g/mol. The van der Waals surface area contributed by atoms with Gasteiger partial charge in [0.2, 0.25) is 5.91 Å². The Hall–Kier alpha value is -0.698. The number of fused-ring (bicyclic) bond motifs is 1. The Morgan fingerprint density at radius 1 is 1.10 bits per heavy atom. The summed E-state index contributed by atoms with van der Waals surface area (Å²) in [6.45, 7) is 9.23. The van der Waals surface area contributed by atoms with Crippen LogP contribution in [0.15, 0.2) is 36.4 Å². The first-order chi connectivity index (χ1) is 14.1. The van der Waals surface area contributed by atoms with E-state index in [1.807, 2.05) is 36.4 Å². The van der Waals surface area contributed by atoms with Crippen LogP contribution < -0.4 is 10.2 Å². The van der Waals surface area contributed by atoms with E-state index in [0.717, 1.165) is 56.9 Å². The van der Waals surface area contributed by atoms with Crippen LogP contribution in [0.4, 0.5) is 11.4 Å². The van der Waals surface area contributed by atoms with Gasteiger partial charge in [0, 0.05) is 32.6 Å². The van der Waals surface area contributed by atoms with Crippen LogP contribution >= 0.6 is 23.2 Å². The van der Waals surface area contributed by atoms with E-state index < -0.39 is 0 Å². The predicted molar refractivity (Wildman–Crippen MR) is 122 cm³/mol. The molecule has 0 atom stereocenters. The summed E-state index contributed by atoms with van der Waals surface area (Å²) in [6.07, 6.45) is 3.66. The van der Waals surface area contributed by atoms with Crippen LogP contribution in [0.3, 0.4) is 0 Å². The van der Waals surface area contributed by atoms with Crippen LogP contribution in [0.5, 0.6) is 0 Å². The zero-order chi connectivity index (χ0) is 20.6. The van der Waals surface area contributed by atoms with Gasteiger partial charge in [0.25, 0.3) is 0 Å². The van der Waals surface area contributed by atoms with Crippen molar-refractivity contribution in [2.45, 2.75) is 25.7 Å². The van der Waals surface area contributed by atoms with E-state index in [-0.39, 0.29) is 37.0 Å². The monoisotopic (exact) mass is 669 g/mol. The fourth-order valence-corrected chi connectivity index (χ4v) is 3.96. The normalized spacial score (nSPS) is 16.0. The first-order valence-corrected chi connectivity index (χ1v) is 10.8. The third kappa shape index (κ3) is 7.18. The summed E-state index contributed by atoms with van der Waals surface area (Å²) in [5, 5.41) is 4.09. The number of piperazine rings is 1. The molecule has 2 aromatic rings. The first-order valence-electron chi connectivity index (χ1n) is 10.1. The fraction of sp³-hybridized carbons (Fsp3) is 0.391. The van der Waals surface area contributed by atoms with Crippen molar-refractivity contribution >= 4 is 40.5 Å². The van der Waals surface area contributed by atoms with Gasteiger partial charge in [-0.25, -0.2) is 0 Å². The second-order valence-corrected chi connectivity index (χ2v) is 8.03. The van der Waals surface area contributed by atoms with E-state index >= 15 is 0 Å². The number of carbonyl (C=O) groups excluding carboxylic acids is 1. The molecule has 0 aromatic heterocycles. The summed E-state index contributed by atoms with van der Waals surface area (Å²) in [7, 11) is 0. The summed E-state index contributed by atoms with van der Waals surface area (Å²) in [6, 6.07) is 14.4. The Bertz CT molecular complexity index is 826. The molecule has 2 aliphatic heterocycles. The molecule has 158 valence electrons. The zero-order valence-electron chi connectivity index (χ0n) is 17.1. The van der Waals surface area contributed by atoms with Crippen LogP contribution in [-0.2, 0) is 11.2 Å². The number of benzene rings is 2. The average molecular weight is 670 g/mol. The quantitative estimate of drug-likeness (QED) is 0.461. The molecule has 1 amide bonds. The minimum Gasteiger partial charge on any atom is -0.379 e. The standard InChI is InChI=1S/C14H19Cl2N2.C9H8NO.U/c1-2-3-7-17-8-10-18(11-9-17)13-6-4-5-12(15)14(13)16;11-9-6-5-7-3-1-2-4-8(7)10-9;/h4-6H,1-3,7-11H2;1,3-4H,5-6H2,(H,10,11);/q2*-1;+2. The molecule has 1 N–H and O–H groups in total. The first kappa shape index (κ1) is 25.6. The van der Waals surface area contributed by atoms with Crippen molar-refractivity contribution < 1.29 is 35.9 Å². The predicted octanol–water partition coefficient (Wildman–Crippen LogP) is 5.10. The maximum atomic E-state index is 10.9. The molecule has 30 heavy (non-hydrogen) atoms. The molecule has 2 aromatic carbocycles. The largest absolute Gasteiger partial charge is 2.00 e. The van der Waals surface area contributed by atoms with E-state index in [1.54, 1.807) is 0 Å². The molecule has 0 radical (unpaired) electrons. The molecule has 4 rings (SSSR count). The Balaban J connectivity index is 0.000000229. The third-order valence-corrected chi connectivity index (χ3v) is 6.03. The molecule has 7 heteroatoms. The van der Waals surface area contributed by atoms with Gasteiger partial charge < -0.3 is 17.1 Å². The minimum atomic E-state index is 0. The maximum Gasteiger partial charge on any atom is 2.00 e. The SMILES string of the molecule is O=C1CCc2cc[c-]cc2N1.[CH2-]CCCN1CCN(c2cccc(Cl)c2Cl)CC1.[U+2]. The molecule has 1 saturated heterocycles. The van der Waals surface area contributed by atoms with Gasteiger partial charge in [-0.05, 0) is 25.1 Å². The van der Waals surface area contributed by atoms with Gasteiger partial charge in [-0.3, -0.25) is 9.69 Å². The van der Waals surface area contributed by atoms with Crippen LogP contribution in [0, 0.1) is 44.1 Å². The summed E-state index contributed by atoms with van der Waals surface area (Å²) < 4.78 is 0. The smallest absolute Gasteiger partial charge is 0.379 e. The number of nitrogens with zero attached hydrogens (tertiary/aromatic N) is 2. The van der Waals surface area contributed by atoms with Crippen molar-refractivity contribution in [3.8, 4) is 0 Å². The van der Waals surface area contributed by atoms with Crippen molar-refractivity contribution in [3.05, 3.63) is 65.0 Å². The van der Waals surface area contributed by atoms with Crippen molar-refractivity contribution in [2.75, 3.05) is 42.9 Å². The molecular formula is C23H27Cl2N3OU. The van der Waals surface area contributed by atoms with Gasteiger partial charge in [-0.15, -0.1) is 5.56 Å². The summed E-state index contributed by atoms with van der Waals surface area (Å²) in [5.41, 5.74) is 3.19. The van der Waals surface area contributed by atoms with E-state index in [2.05, 4.69) is 28.1 Å². The number of carbonyl (C=O) groups is 1. The number of aryl methyl sites for hydroxylation is 1. The van der Waals surface area contributed by atoms with Crippen LogP contribution in [0.2, 0.25) is 10.0 Å². The Kier molecular flexibility index (Phi) is 11.1. The number of hydrogen-bond acceptors (Lipinski definition) is 3. The van der Waals surface area contributed by atoms with Gasteiger partial charge in [0.15, 0.2) is 0 Å². The Morgan fingerprint density at radius 3 is 2.60 bits per heavy atom. The number of rotatable bonds is 4. The second kappa shape index (κ2) is 13.0. The van der Waals surface area contributed by atoms with Gasteiger partial charge >= 0.3 is 31.1 Å². The Labute approximate surface area is 213 Å². The van der Waals surface area contributed by atoms with Crippen LogP contribution in [0.1, 0.15) is 24.8 Å². The van der Waals surface area contributed by atoms with E-state index in [4.69, 9.17) is 23.2 Å². The van der Waals surface area contributed by atoms with Gasteiger partial charge in [0.05, 0.1) is 15.7 Å². The zero-order valence-corrected chi connectivity index (χ0v) is 22.8. The fourth-order valence-electron chi connectivity index (χ4n) is 3.54. The number of nitrogens with one attached hydrogen (secondary N) is 1. The van der Waals surface area contributed by atoms with Gasteiger partial charge in [-0.2, -0.15) is 30.7 Å². The molecule has 2 heterocycles. The number of unbranched alkanes of at least 4 members (excludes halogenated alkanes) is 1. The molecule has 4 nitrogen and oxygen atoms in total. The summed E-state index contributed by atoms with van der Waals surface area (Å²) in [4.78, 5) is 15.7.